The fraction of sp³-hybridized carbons (Fsp3) is 0.933. The third-order valence-corrected chi connectivity index (χ3v) is 8.16. The first-order chi connectivity index (χ1) is 7.92. The largest absolute Gasteiger partial charge is 0.100 e. The molecule has 0 spiro atoms. The molecule has 0 heterocycles. The van der Waals surface area contributed by atoms with E-state index in [-0.39, 0.29) is 7.92 Å². The maximum Gasteiger partial charge on any atom is -0.0207 e. The van der Waals surface area contributed by atoms with Crippen molar-refractivity contribution in [2.45, 2.75) is 81.9 Å². The smallest absolute Gasteiger partial charge is 0.0207 e. The molecule has 0 aromatic carbocycles. The number of rotatable bonds is 4. The minimum Gasteiger partial charge on any atom is -0.100 e. The minimum absolute atomic E-state index is 0.278. The van der Waals surface area contributed by atoms with Crippen LogP contribution < -0.4 is 0 Å². The molecule has 2 aliphatic carbocycles. The topological polar surface area (TPSA) is 0 Å². The van der Waals surface area contributed by atoms with Crippen LogP contribution in [0.4, 0.5) is 0 Å². The molecular formula is C15H27P. The molecule has 0 aliphatic heterocycles. The lowest BCUT2D eigenvalue weighted by Crippen LogP contribution is -2.21. The molecular weight excluding hydrogens is 211 g/mol. The molecule has 2 radical (unpaired) electrons. The fourth-order valence-electron chi connectivity index (χ4n) is 3.64. The van der Waals surface area contributed by atoms with Gasteiger partial charge in [0, 0.05) is 0 Å². The molecule has 2 fully saturated rings. The summed E-state index contributed by atoms with van der Waals surface area (Å²) in [5, 5.41) is 0. The Morgan fingerprint density at radius 3 is 1.56 bits per heavy atom. The monoisotopic (exact) mass is 238 g/mol. The van der Waals surface area contributed by atoms with Gasteiger partial charge in [-0.05, 0) is 56.5 Å². The predicted octanol–water partition coefficient (Wildman–Crippen LogP) is 5.23. The Morgan fingerprint density at radius 1 is 0.750 bits per heavy atom. The van der Waals surface area contributed by atoms with Crippen LogP contribution in [0.1, 0.15) is 70.6 Å². The minimum atomic E-state index is 0.278. The fourth-order valence-corrected chi connectivity index (χ4v) is 7.32. The van der Waals surface area contributed by atoms with Gasteiger partial charge in [0.15, 0.2) is 0 Å². The maximum atomic E-state index is 5.86. The van der Waals surface area contributed by atoms with E-state index in [0.717, 1.165) is 17.7 Å². The van der Waals surface area contributed by atoms with Crippen molar-refractivity contribution < 1.29 is 0 Å². The zero-order valence-electron chi connectivity index (χ0n) is 10.7. The van der Waals surface area contributed by atoms with Crippen LogP contribution in [0.15, 0.2) is 0 Å². The van der Waals surface area contributed by atoms with Crippen LogP contribution in [-0.4, -0.2) is 17.5 Å². The number of hydrogen-bond acceptors (Lipinski definition) is 0. The van der Waals surface area contributed by atoms with E-state index in [2.05, 4.69) is 0 Å². The van der Waals surface area contributed by atoms with Crippen LogP contribution in [0, 0.1) is 6.92 Å². The lowest BCUT2D eigenvalue weighted by atomic mass is 9.99. The van der Waals surface area contributed by atoms with Crippen LogP contribution in [0.3, 0.4) is 0 Å². The molecule has 0 unspecified atom stereocenters. The molecule has 2 rings (SSSR count). The van der Waals surface area contributed by atoms with Crippen molar-refractivity contribution in [1.82, 2.24) is 0 Å². The summed E-state index contributed by atoms with van der Waals surface area (Å²) in [6, 6.07) is 0. The SMILES string of the molecule is [CH]CCP(C1CCCCC1)C1CCCCC1. The Morgan fingerprint density at radius 2 is 1.19 bits per heavy atom. The summed E-state index contributed by atoms with van der Waals surface area (Å²) in [7, 11) is 0.278. The highest BCUT2D eigenvalue weighted by Gasteiger charge is 2.29. The molecule has 0 amide bonds. The highest BCUT2D eigenvalue weighted by molar-refractivity contribution is 7.59. The molecule has 1 heteroatoms. The molecule has 2 saturated carbocycles. The van der Waals surface area contributed by atoms with Crippen LogP contribution in [0.25, 0.3) is 0 Å². The summed E-state index contributed by atoms with van der Waals surface area (Å²) in [6.07, 6.45) is 17.4. The maximum absolute atomic E-state index is 5.86. The van der Waals surface area contributed by atoms with Gasteiger partial charge in [0.1, 0.15) is 0 Å². The van der Waals surface area contributed by atoms with Gasteiger partial charge >= 0.3 is 0 Å². The van der Waals surface area contributed by atoms with Crippen molar-refractivity contribution in [3.05, 3.63) is 6.92 Å². The van der Waals surface area contributed by atoms with E-state index in [0.29, 0.717) is 0 Å². The lowest BCUT2D eigenvalue weighted by Gasteiger charge is -2.38. The molecule has 16 heavy (non-hydrogen) atoms. The van der Waals surface area contributed by atoms with E-state index in [4.69, 9.17) is 6.92 Å². The van der Waals surface area contributed by atoms with E-state index < -0.39 is 0 Å². The van der Waals surface area contributed by atoms with Gasteiger partial charge in [-0.15, -0.1) is 7.92 Å². The molecule has 0 atom stereocenters. The molecule has 0 aromatic heterocycles. The summed E-state index contributed by atoms with van der Waals surface area (Å²) in [5.41, 5.74) is 2.19. The summed E-state index contributed by atoms with van der Waals surface area (Å²) < 4.78 is 0. The van der Waals surface area contributed by atoms with E-state index in [1.807, 2.05) is 0 Å². The van der Waals surface area contributed by atoms with Crippen molar-refractivity contribution in [3.63, 3.8) is 0 Å². The molecule has 0 saturated heterocycles. The first-order valence-electron chi connectivity index (χ1n) is 7.37. The highest BCUT2D eigenvalue weighted by atomic mass is 31.1. The Labute approximate surface area is 103 Å². The van der Waals surface area contributed by atoms with Crippen molar-refractivity contribution in [2.75, 3.05) is 6.16 Å². The van der Waals surface area contributed by atoms with Crippen molar-refractivity contribution >= 4 is 7.92 Å². The van der Waals surface area contributed by atoms with Crippen molar-refractivity contribution in [2.24, 2.45) is 0 Å². The average molecular weight is 238 g/mol. The van der Waals surface area contributed by atoms with E-state index in [1.165, 1.54) is 70.4 Å². The zero-order valence-corrected chi connectivity index (χ0v) is 11.6. The predicted molar refractivity (Wildman–Crippen MR) is 74.5 cm³/mol. The normalized spacial score (nSPS) is 25.1. The molecule has 0 aromatic rings. The second kappa shape index (κ2) is 7.00. The standard InChI is InChI=1S/C15H27P/c1-2-13-16(14-9-5-3-6-10-14)15-11-7-4-8-12-15/h1,14-15H,2-13H2. The van der Waals surface area contributed by atoms with Gasteiger partial charge in [-0.2, -0.15) is 0 Å². The second-order valence-electron chi connectivity index (χ2n) is 5.61. The Kier molecular flexibility index (Phi) is 5.63. The molecule has 0 bridgehead atoms. The lowest BCUT2D eigenvalue weighted by molar-refractivity contribution is 0.484. The van der Waals surface area contributed by atoms with E-state index in [9.17, 15) is 0 Å². The summed E-state index contributed by atoms with van der Waals surface area (Å²) in [5.74, 6) is 0. The third-order valence-electron chi connectivity index (χ3n) is 4.47. The van der Waals surface area contributed by atoms with Crippen LogP contribution >= 0.6 is 7.92 Å². The summed E-state index contributed by atoms with van der Waals surface area (Å²) in [6.45, 7) is 5.86. The molecule has 92 valence electrons. The highest BCUT2D eigenvalue weighted by Crippen LogP contribution is 2.55. The van der Waals surface area contributed by atoms with Gasteiger partial charge in [-0.3, -0.25) is 0 Å². The van der Waals surface area contributed by atoms with Gasteiger partial charge in [0.05, 0.1) is 0 Å². The van der Waals surface area contributed by atoms with Gasteiger partial charge < -0.3 is 0 Å². The van der Waals surface area contributed by atoms with E-state index >= 15 is 0 Å². The van der Waals surface area contributed by atoms with Gasteiger partial charge in [0.25, 0.3) is 0 Å². The second-order valence-corrected chi connectivity index (χ2v) is 8.55. The van der Waals surface area contributed by atoms with Crippen LogP contribution in [0.2, 0.25) is 0 Å². The first kappa shape index (κ1) is 12.9. The average Bonchev–Trinajstić information content (AvgIpc) is 2.38. The third kappa shape index (κ3) is 3.46. The molecule has 0 nitrogen and oxygen atoms in total. The summed E-state index contributed by atoms with van der Waals surface area (Å²) >= 11 is 0. The molecule has 2 aliphatic rings. The Bertz CT molecular complexity index is 160. The van der Waals surface area contributed by atoms with Crippen molar-refractivity contribution in [1.29, 1.82) is 0 Å². The zero-order chi connectivity index (χ0) is 11.2. The van der Waals surface area contributed by atoms with Crippen LogP contribution in [-0.2, 0) is 0 Å². The Balaban J connectivity index is 1.91. The van der Waals surface area contributed by atoms with Gasteiger partial charge in [-0.1, -0.05) is 38.5 Å². The van der Waals surface area contributed by atoms with Gasteiger partial charge in [-0.25, -0.2) is 0 Å². The van der Waals surface area contributed by atoms with E-state index in [1.54, 1.807) is 0 Å². The summed E-state index contributed by atoms with van der Waals surface area (Å²) in [4.78, 5) is 0. The molecule has 0 N–H and O–H groups in total. The quantitative estimate of drug-likeness (QED) is 0.588. The Hall–Kier alpha value is 0.430. The van der Waals surface area contributed by atoms with Crippen LogP contribution in [0.5, 0.6) is 0 Å². The first-order valence-corrected chi connectivity index (χ1v) is 9.04. The van der Waals surface area contributed by atoms with Gasteiger partial charge in [0.2, 0.25) is 0 Å². The number of hydrogen-bond donors (Lipinski definition) is 0. The van der Waals surface area contributed by atoms with Crippen molar-refractivity contribution in [3.8, 4) is 0 Å².